The highest BCUT2D eigenvalue weighted by atomic mass is 31.2. The molecule has 22 heavy (non-hydrogen) atoms. The topological polar surface area (TPSA) is 54.0 Å². The Morgan fingerprint density at radius 2 is 1.86 bits per heavy atom. The van der Waals surface area contributed by atoms with Gasteiger partial charge < -0.3 is 19.3 Å². The second-order valence-corrected chi connectivity index (χ2v) is 6.98. The molecule has 7 heteroatoms. The number of hydrogen-bond donors (Lipinski definition) is 1. The lowest BCUT2D eigenvalue weighted by Gasteiger charge is -2.31. The summed E-state index contributed by atoms with van der Waals surface area (Å²) in [5.41, 5.74) is 1.11. The fourth-order valence-electron chi connectivity index (χ4n) is 2.58. The summed E-state index contributed by atoms with van der Waals surface area (Å²) in [4.78, 5) is 14.3. The van der Waals surface area contributed by atoms with Crippen LogP contribution < -0.4 is 5.32 Å². The SMILES string of the molecule is C[C@@H](NC(=O)N1CCO[P@]2OCCN2CC1)c1ccccc1. The normalized spacial score (nSPS) is 24.2. The lowest BCUT2D eigenvalue weighted by Crippen LogP contribution is -2.46. The van der Waals surface area contributed by atoms with Crippen LogP contribution in [0.15, 0.2) is 30.3 Å². The Hall–Kier alpha value is -1.20. The van der Waals surface area contributed by atoms with Crippen LogP contribution in [0.25, 0.3) is 0 Å². The standard InChI is InChI=1S/C15H22N3O3P/c1-13(14-5-3-2-4-6-14)16-15(19)17-7-8-18-10-12-21-22(18)20-11-9-17/h2-6,13H,7-12H2,1H3,(H,16,19)/t13-,22-/m1/s1. The lowest BCUT2D eigenvalue weighted by atomic mass is 10.1. The summed E-state index contributed by atoms with van der Waals surface area (Å²) in [6, 6.07) is 9.95. The molecule has 0 aromatic heterocycles. The van der Waals surface area contributed by atoms with Gasteiger partial charge in [0.05, 0.1) is 19.3 Å². The molecule has 1 N–H and O–H groups in total. The van der Waals surface area contributed by atoms with Gasteiger partial charge in [-0.2, -0.15) is 0 Å². The third-order valence-electron chi connectivity index (χ3n) is 3.90. The number of carbonyl (C=O) groups excluding carboxylic acids is 1. The van der Waals surface area contributed by atoms with Crippen molar-refractivity contribution < 1.29 is 13.8 Å². The van der Waals surface area contributed by atoms with Gasteiger partial charge in [-0.3, -0.25) is 0 Å². The Morgan fingerprint density at radius 1 is 1.14 bits per heavy atom. The van der Waals surface area contributed by atoms with E-state index in [0.717, 1.165) is 25.3 Å². The number of rotatable bonds is 2. The molecule has 2 aliphatic rings. The summed E-state index contributed by atoms with van der Waals surface area (Å²) in [5.74, 6) is 0. The van der Waals surface area contributed by atoms with Gasteiger partial charge >= 0.3 is 6.03 Å². The predicted molar refractivity (Wildman–Crippen MR) is 85.4 cm³/mol. The third kappa shape index (κ3) is 3.76. The molecule has 2 amide bonds. The molecular weight excluding hydrogens is 301 g/mol. The summed E-state index contributed by atoms with van der Waals surface area (Å²) in [7, 11) is -0.879. The van der Waals surface area contributed by atoms with Crippen LogP contribution in [-0.4, -0.2) is 55.0 Å². The molecule has 1 aromatic rings. The molecular formula is C15H22N3O3P. The Morgan fingerprint density at radius 3 is 2.64 bits per heavy atom. The van der Waals surface area contributed by atoms with Gasteiger partial charge in [-0.15, -0.1) is 0 Å². The first-order valence-corrected chi connectivity index (χ1v) is 8.78. The number of urea groups is 1. The van der Waals surface area contributed by atoms with Gasteiger partial charge in [-0.05, 0) is 12.5 Å². The van der Waals surface area contributed by atoms with Gasteiger partial charge in [0, 0.05) is 26.2 Å². The number of fused-ring (bicyclic) bond motifs is 1. The molecule has 2 fully saturated rings. The Kier molecular flexibility index (Phi) is 5.26. The summed E-state index contributed by atoms with van der Waals surface area (Å²) in [5, 5.41) is 3.06. The highest BCUT2D eigenvalue weighted by Crippen LogP contribution is 2.46. The number of benzene rings is 1. The number of amides is 2. The number of nitrogens with one attached hydrogen (secondary N) is 1. The monoisotopic (exact) mass is 323 g/mol. The summed E-state index contributed by atoms with van der Waals surface area (Å²) in [6.07, 6.45) is 0. The largest absolute Gasteiger partial charge is 0.331 e. The van der Waals surface area contributed by atoms with Crippen LogP contribution in [0.1, 0.15) is 18.5 Å². The first kappa shape index (κ1) is 15.7. The molecule has 2 saturated heterocycles. The van der Waals surface area contributed by atoms with Crippen molar-refractivity contribution >= 4 is 14.6 Å². The van der Waals surface area contributed by atoms with Crippen LogP contribution in [0.3, 0.4) is 0 Å². The van der Waals surface area contributed by atoms with Crippen LogP contribution in [0.2, 0.25) is 0 Å². The van der Waals surface area contributed by atoms with Gasteiger partial charge in [-0.1, -0.05) is 30.3 Å². The van der Waals surface area contributed by atoms with Crippen LogP contribution in [0.5, 0.6) is 0 Å². The molecule has 0 aliphatic carbocycles. The van der Waals surface area contributed by atoms with E-state index in [4.69, 9.17) is 9.05 Å². The van der Waals surface area contributed by atoms with E-state index < -0.39 is 8.53 Å². The zero-order valence-corrected chi connectivity index (χ0v) is 13.7. The zero-order valence-electron chi connectivity index (χ0n) is 12.8. The predicted octanol–water partition coefficient (Wildman–Crippen LogP) is 2.35. The minimum atomic E-state index is -0.879. The van der Waals surface area contributed by atoms with Gasteiger partial charge in [-0.25, -0.2) is 9.46 Å². The fraction of sp³-hybridized carbons (Fsp3) is 0.533. The molecule has 0 unspecified atom stereocenters. The maximum atomic E-state index is 12.5. The maximum Gasteiger partial charge on any atom is 0.317 e. The second kappa shape index (κ2) is 7.38. The van der Waals surface area contributed by atoms with Crippen LogP contribution >= 0.6 is 8.53 Å². The fourth-order valence-corrected chi connectivity index (χ4v) is 3.96. The van der Waals surface area contributed by atoms with E-state index in [9.17, 15) is 4.79 Å². The van der Waals surface area contributed by atoms with Gasteiger partial charge in [0.2, 0.25) is 0 Å². The van der Waals surface area contributed by atoms with Crippen molar-refractivity contribution in [3.05, 3.63) is 35.9 Å². The minimum Gasteiger partial charge on any atom is -0.331 e. The average molecular weight is 323 g/mol. The van der Waals surface area contributed by atoms with E-state index in [0.29, 0.717) is 19.7 Å². The molecule has 0 saturated carbocycles. The Labute approximate surface area is 132 Å². The molecule has 3 rings (SSSR count). The van der Waals surface area contributed by atoms with E-state index in [-0.39, 0.29) is 12.1 Å². The van der Waals surface area contributed by atoms with Crippen LogP contribution in [0.4, 0.5) is 4.79 Å². The first-order chi connectivity index (χ1) is 10.7. The smallest absolute Gasteiger partial charge is 0.317 e. The summed E-state index contributed by atoms with van der Waals surface area (Å²) in [6.45, 7) is 6.25. The van der Waals surface area contributed by atoms with E-state index in [1.807, 2.05) is 42.2 Å². The Balaban J connectivity index is 1.55. The van der Waals surface area contributed by atoms with E-state index in [2.05, 4.69) is 9.99 Å². The summed E-state index contributed by atoms with van der Waals surface area (Å²) >= 11 is 0. The van der Waals surface area contributed by atoms with Crippen LogP contribution in [0, 0.1) is 0 Å². The lowest BCUT2D eigenvalue weighted by molar-refractivity contribution is 0.162. The average Bonchev–Trinajstić information content (AvgIpc) is 2.94. The number of hydrogen-bond acceptors (Lipinski definition) is 4. The third-order valence-corrected chi connectivity index (χ3v) is 5.57. The quantitative estimate of drug-likeness (QED) is 0.849. The van der Waals surface area contributed by atoms with E-state index in [1.165, 1.54) is 0 Å². The first-order valence-electron chi connectivity index (χ1n) is 7.65. The molecule has 2 atom stereocenters. The number of carbonyl (C=O) groups is 1. The molecule has 0 bridgehead atoms. The van der Waals surface area contributed by atoms with E-state index in [1.54, 1.807) is 0 Å². The molecule has 2 aliphatic heterocycles. The molecule has 6 nitrogen and oxygen atoms in total. The van der Waals surface area contributed by atoms with Crippen LogP contribution in [-0.2, 0) is 9.05 Å². The molecule has 0 spiro atoms. The highest BCUT2D eigenvalue weighted by molar-refractivity contribution is 7.44. The van der Waals surface area contributed by atoms with Crippen molar-refractivity contribution in [3.8, 4) is 0 Å². The van der Waals surface area contributed by atoms with Crippen molar-refractivity contribution in [1.82, 2.24) is 14.9 Å². The number of nitrogens with zero attached hydrogens (tertiary/aromatic N) is 2. The Bertz CT molecular complexity index is 502. The van der Waals surface area contributed by atoms with Gasteiger partial charge in [0.25, 0.3) is 8.53 Å². The summed E-state index contributed by atoms with van der Waals surface area (Å²) < 4.78 is 13.5. The molecule has 1 aromatic carbocycles. The molecule has 120 valence electrons. The zero-order chi connectivity index (χ0) is 15.4. The highest BCUT2D eigenvalue weighted by Gasteiger charge is 2.30. The van der Waals surface area contributed by atoms with Gasteiger partial charge in [0.1, 0.15) is 0 Å². The van der Waals surface area contributed by atoms with Crippen molar-refractivity contribution in [2.24, 2.45) is 0 Å². The molecule has 0 radical (unpaired) electrons. The molecule has 2 heterocycles. The maximum absolute atomic E-state index is 12.5. The van der Waals surface area contributed by atoms with Crippen molar-refractivity contribution in [2.75, 3.05) is 39.4 Å². The van der Waals surface area contributed by atoms with Gasteiger partial charge in [0.15, 0.2) is 0 Å². The van der Waals surface area contributed by atoms with Crippen molar-refractivity contribution in [3.63, 3.8) is 0 Å². The second-order valence-electron chi connectivity index (χ2n) is 5.43. The minimum absolute atomic E-state index is 0.00713. The van der Waals surface area contributed by atoms with Crippen molar-refractivity contribution in [1.29, 1.82) is 0 Å². The van der Waals surface area contributed by atoms with Crippen molar-refractivity contribution in [2.45, 2.75) is 13.0 Å². The van der Waals surface area contributed by atoms with E-state index >= 15 is 0 Å².